The minimum Gasteiger partial charge on any atom is -0.497 e. The van der Waals surface area contributed by atoms with Crippen LogP contribution in [0.15, 0.2) is 36.4 Å². The third kappa shape index (κ3) is 2.99. The van der Waals surface area contributed by atoms with Crippen LogP contribution in [0.2, 0.25) is 0 Å². The van der Waals surface area contributed by atoms with Crippen molar-refractivity contribution >= 4 is 5.78 Å². The molecule has 0 saturated heterocycles. The Labute approximate surface area is 124 Å². The van der Waals surface area contributed by atoms with Crippen LogP contribution in [0.4, 0.5) is 0 Å². The molecule has 0 aliphatic rings. The summed E-state index contributed by atoms with van der Waals surface area (Å²) in [6, 6.07) is 11.0. The Bertz CT molecular complexity index is 662. The molecule has 0 aliphatic carbocycles. The van der Waals surface area contributed by atoms with Gasteiger partial charge in [0.15, 0.2) is 5.78 Å². The minimum atomic E-state index is 0.00143. The van der Waals surface area contributed by atoms with Crippen LogP contribution >= 0.6 is 0 Å². The zero-order valence-electron chi connectivity index (χ0n) is 12.6. The van der Waals surface area contributed by atoms with Gasteiger partial charge in [0.1, 0.15) is 17.2 Å². The maximum atomic E-state index is 11.5. The van der Waals surface area contributed by atoms with Crippen LogP contribution in [0.25, 0.3) is 11.1 Å². The van der Waals surface area contributed by atoms with Crippen molar-refractivity contribution in [2.45, 2.75) is 6.92 Å². The monoisotopic (exact) mass is 286 g/mol. The highest BCUT2D eigenvalue weighted by Gasteiger charge is 2.14. The highest BCUT2D eigenvalue weighted by atomic mass is 16.5. The molecule has 0 heterocycles. The van der Waals surface area contributed by atoms with Crippen molar-refractivity contribution in [1.29, 1.82) is 0 Å². The third-order valence-electron chi connectivity index (χ3n) is 3.31. The number of ketones is 1. The van der Waals surface area contributed by atoms with Gasteiger partial charge in [-0.3, -0.25) is 4.79 Å². The predicted octanol–water partition coefficient (Wildman–Crippen LogP) is 3.58. The van der Waals surface area contributed by atoms with Gasteiger partial charge in [0.2, 0.25) is 0 Å². The fraction of sp³-hybridized carbons (Fsp3) is 0.235. The highest BCUT2D eigenvalue weighted by Crippen LogP contribution is 2.38. The summed E-state index contributed by atoms with van der Waals surface area (Å²) < 4.78 is 16.0. The van der Waals surface area contributed by atoms with Crippen LogP contribution in [-0.4, -0.2) is 27.1 Å². The van der Waals surface area contributed by atoms with Crippen molar-refractivity contribution in [3.05, 3.63) is 42.0 Å². The Morgan fingerprint density at radius 1 is 0.810 bits per heavy atom. The molecule has 0 aromatic heterocycles. The quantitative estimate of drug-likeness (QED) is 0.788. The molecule has 21 heavy (non-hydrogen) atoms. The highest BCUT2D eigenvalue weighted by molar-refractivity contribution is 5.95. The van der Waals surface area contributed by atoms with Crippen molar-refractivity contribution in [2.24, 2.45) is 0 Å². The summed E-state index contributed by atoms with van der Waals surface area (Å²) in [4.78, 5) is 11.5. The van der Waals surface area contributed by atoms with Gasteiger partial charge in [-0.25, -0.2) is 0 Å². The average molecular weight is 286 g/mol. The van der Waals surface area contributed by atoms with Gasteiger partial charge < -0.3 is 14.2 Å². The van der Waals surface area contributed by atoms with Gasteiger partial charge >= 0.3 is 0 Å². The lowest BCUT2D eigenvalue weighted by Crippen LogP contribution is -1.97. The molecule has 4 heteroatoms. The van der Waals surface area contributed by atoms with Gasteiger partial charge in [0.05, 0.1) is 21.3 Å². The molecular weight excluding hydrogens is 268 g/mol. The zero-order valence-corrected chi connectivity index (χ0v) is 12.6. The topological polar surface area (TPSA) is 44.8 Å². The Morgan fingerprint density at radius 3 is 1.90 bits per heavy atom. The summed E-state index contributed by atoms with van der Waals surface area (Å²) in [5.41, 5.74) is 2.36. The number of carbonyl (C=O) groups is 1. The summed E-state index contributed by atoms with van der Waals surface area (Å²) in [5.74, 6) is 2.03. The van der Waals surface area contributed by atoms with Gasteiger partial charge in [0, 0.05) is 22.8 Å². The first-order valence-corrected chi connectivity index (χ1v) is 6.52. The van der Waals surface area contributed by atoms with Crippen molar-refractivity contribution in [2.75, 3.05) is 21.3 Å². The molecule has 0 saturated carbocycles. The van der Waals surface area contributed by atoms with Gasteiger partial charge in [-0.05, 0) is 31.2 Å². The molecule has 0 bridgehead atoms. The van der Waals surface area contributed by atoms with E-state index in [0.29, 0.717) is 17.1 Å². The summed E-state index contributed by atoms with van der Waals surface area (Å²) in [6.45, 7) is 1.53. The van der Waals surface area contributed by atoms with Crippen molar-refractivity contribution in [3.63, 3.8) is 0 Å². The van der Waals surface area contributed by atoms with Gasteiger partial charge in [-0.1, -0.05) is 6.07 Å². The Morgan fingerprint density at radius 2 is 1.38 bits per heavy atom. The molecule has 2 rings (SSSR count). The van der Waals surface area contributed by atoms with Crippen LogP contribution in [0.5, 0.6) is 17.2 Å². The van der Waals surface area contributed by atoms with Crippen molar-refractivity contribution in [3.8, 4) is 28.4 Å². The molecule has 0 atom stereocenters. The SMILES string of the molecule is COc1ccc(-c2ccc(C(C)=O)cc2OC)c(OC)c1. The number of hydrogen-bond acceptors (Lipinski definition) is 4. The lowest BCUT2D eigenvalue weighted by atomic mass is 10.00. The van der Waals surface area contributed by atoms with E-state index in [1.807, 2.05) is 24.3 Å². The molecule has 0 amide bonds. The van der Waals surface area contributed by atoms with Crippen molar-refractivity contribution in [1.82, 2.24) is 0 Å². The fourth-order valence-electron chi connectivity index (χ4n) is 2.15. The fourth-order valence-corrected chi connectivity index (χ4v) is 2.15. The predicted molar refractivity (Wildman–Crippen MR) is 81.5 cm³/mol. The first kappa shape index (κ1) is 14.9. The second-order valence-electron chi connectivity index (χ2n) is 4.54. The normalized spacial score (nSPS) is 10.1. The summed E-state index contributed by atoms with van der Waals surface area (Å²) in [5, 5.41) is 0. The molecule has 0 aliphatic heterocycles. The largest absolute Gasteiger partial charge is 0.497 e. The van der Waals surface area contributed by atoms with Gasteiger partial charge in [-0.2, -0.15) is 0 Å². The Balaban J connectivity index is 2.58. The van der Waals surface area contributed by atoms with E-state index in [2.05, 4.69) is 0 Å². The number of Topliss-reactive ketones (excluding diaryl/α,β-unsaturated/α-hetero) is 1. The summed E-state index contributed by atoms with van der Waals surface area (Å²) >= 11 is 0. The minimum absolute atomic E-state index is 0.00143. The molecular formula is C17H18O4. The van der Waals surface area contributed by atoms with E-state index in [9.17, 15) is 4.79 Å². The number of hydrogen-bond donors (Lipinski definition) is 0. The Hall–Kier alpha value is -2.49. The lowest BCUT2D eigenvalue weighted by molar-refractivity contribution is 0.101. The molecule has 4 nitrogen and oxygen atoms in total. The molecule has 0 unspecified atom stereocenters. The maximum Gasteiger partial charge on any atom is 0.159 e. The molecule has 0 N–H and O–H groups in total. The lowest BCUT2D eigenvalue weighted by Gasteiger charge is -2.14. The van der Waals surface area contributed by atoms with Crippen LogP contribution in [0.1, 0.15) is 17.3 Å². The van der Waals surface area contributed by atoms with E-state index in [-0.39, 0.29) is 5.78 Å². The van der Waals surface area contributed by atoms with E-state index in [1.54, 1.807) is 33.5 Å². The molecule has 110 valence electrons. The molecule has 2 aromatic carbocycles. The van der Waals surface area contributed by atoms with E-state index < -0.39 is 0 Å². The number of carbonyl (C=O) groups excluding carboxylic acids is 1. The summed E-state index contributed by atoms with van der Waals surface area (Å²) in [6.07, 6.45) is 0. The van der Waals surface area contributed by atoms with Crippen LogP contribution in [0, 0.1) is 0 Å². The molecule has 0 spiro atoms. The Kier molecular flexibility index (Phi) is 4.48. The standard InChI is InChI=1S/C17H18O4/c1-11(18)12-5-7-14(16(9-12)20-3)15-8-6-13(19-2)10-17(15)21-4/h5-10H,1-4H3. The number of ether oxygens (including phenoxy) is 3. The number of methoxy groups -OCH3 is 3. The van der Waals surface area contributed by atoms with E-state index in [0.717, 1.165) is 16.9 Å². The van der Waals surface area contributed by atoms with Gasteiger partial charge in [0.25, 0.3) is 0 Å². The van der Waals surface area contributed by atoms with Crippen LogP contribution < -0.4 is 14.2 Å². The summed E-state index contributed by atoms with van der Waals surface area (Å²) in [7, 11) is 4.80. The van der Waals surface area contributed by atoms with E-state index in [1.165, 1.54) is 6.92 Å². The first-order chi connectivity index (χ1) is 10.1. The molecule has 0 radical (unpaired) electrons. The second kappa shape index (κ2) is 6.31. The average Bonchev–Trinajstić information content (AvgIpc) is 2.53. The van der Waals surface area contributed by atoms with Gasteiger partial charge in [-0.15, -0.1) is 0 Å². The van der Waals surface area contributed by atoms with Crippen molar-refractivity contribution < 1.29 is 19.0 Å². The third-order valence-corrected chi connectivity index (χ3v) is 3.31. The maximum absolute atomic E-state index is 11.5. The molecule has 0 fully saturated rings. The second-order valence-corrected chi connectivity index (χ2v) is 4.54. The van der Waals surface area contributed by atoms with E-state index in [4.69, 9.17) is 14.2 Å². The molecule has 2 aromatic rings. The number of rotatable bonds is 5. The van der Waals surface area contributed by atoms with Crippen LogP contribution in [0.3, 0.4) is 0 Å². The number of benzene rings is 2. The first-order valence-electron chi connectivity index (χ1n) is 6.52. The van der Waals surface area contributed by atoms with E-state index >= 15 is 0 Å². The zero-order chi connectivity index (χ0) is 15.4. The van der Waals surface area contributed by atoms with Crippen LogP contribution in [-0.2, 0) is 0 Å². The smallest absolute Gasteiger partial charge is 0.159 e.